The number of nitrogens with zero attached hydrogens (tertiary/aromatic N) is 2. The Bertz CT molecular complexity index is 1160. The number of fused-ring (bicyclic) bond motifs is 1. The van der Waals surface area contributed by atoms with Crippen molar-refractivity contribution in [2.75, 3.05) is 26.3 Å². The van der Waals surface area contributed by atoms with E-state index >= 15 is 0 Å². The Morgan fingerprint density at radius 1 is 1.18 bits per heavy atom. The number of benzene rings is 2. The summed E-state index contributed by atoms with van der Waals surface area (Å²) < 4.78 is 19.3. The second-order valence-electron chi connectivity index (χ2n) is 9.04. The summed E-state index contributed by atoms with van der Waals surface area (Å²) in [6.45, 7) is 5.34. The van der Waals surface area contributed by atoms with Gasteiger partial charge in [-0.3, -0.25) is 14.6 Å². The van der Waals surface area contributed by atoms with E-state index < -0.39 is 17.3 Å². The first-order valence-corrected chi connectivity index (χ1v) is 11.1. The molecule has 1 atom stereocenters. The largest absolute Gasteiger partial charge is 0.379 e. The minimum atomic E-state index is -1.14. The summed E-state index contributed by atoms with van der Waals surface area (Å²) in [6, 6.07) is 13.7. The van der Waals surface area contributed by atoms with Gasteiger partial charge < -0.3 is 15.0 Å². The predicted octanol–water partition coefficient (Wildman–Crippen LogP) is 3.60. The van der Waals surface area contributed by atoms with Crippen molar-refractivity contribution in [2.24, 2.45) is 5.92 Å². The van der Waals surface area contributed by atoms with Crippen LogP contribution in [0.4, 0.5) is 4.39 Å². The Balaban J connectivity index is 1.44. The van der Waals surface area contributed by atoms with Crippen molar-refractivity contribution in [3.8, 4) is 0 Å². The number of carbonyl (C=O) groups excluding carboxylic acids is 2. The molecule has 6 nitrogen and oxygen atoms in total. The molecule has 3 aromatic rings. The van der Waals surface area contributed by atoms with E-state index in [1.807, 2.05) is 12.3 Å². The van der Waals surface area contributed by atoms with Crippen LogP contribution in [0.2, 0.25) is 0 Å². The fourth-order valence-electron chi connectivity index (χ4n) is 4.22. The second kappa shape index (κ2) is 9.67. The molecule has 172 valence electrons. The number of ether oxygens (including phenoxy) is 1. The standard InChI is InChI=1S/C26H28FN3O3/c1-26(2,29-24(31)21-4-3-5-23(27)14-21)25(32)30-10-11-33-17-19(16-30)12-18-6-7-22-15-28-9-8-20(22)13-18/h3-9,13-15,19H,10-12,16-17H2,1-2H3,(H,29,31). The van der Waals surface area contributed by atoms with E-state index in [4.69, 9.17) is 4.74 Å². The van der Waals surface area contributed by atoms with E-state index in [9.17, 15) is 14.0 Å². The molecule has 2 aromatic carbocycles. The molecule has 2 heterocycles. The van der Waals surface area contributed by atoms with Crippen molar-refractivity contribution in [3.63, 3.8) is 0 Å². The van der Waals surface area contributed by atoms with E-state index in [0.717, 1.165) is 23.3 Å². The highest BCUT2D eigenvalue weighted by atomic mass is 19.1. The monoisotopic (exact) mass is 449 g/mol. The van der Waals surface area contributed by atoms with Crippen molar-refractivity contribution in [1.82, 2.24) is 15.2 Å². The van der Waals surface area contributed by atoms with Gasteiger partial charge in [0.1, 0.15) is 11.4 Å². The molecule has 1 fully saturated rings. The number of amides is 2. The van der Waals surface area contributed by atoms with Crippen molar-refractivity contribution >= 4 is 22.6 Å². The van der Waals surface area contributed by atoms with Gasteiger partial charge in [0.2, 0.25) is 5.91 Å². The molecule has 33 heavy (non-hydrogen) atoms. The zero-order valence-corrected chi connectivity index (χ0v) is 18.9. The number of rotatable bonds is 5. The van der Waals surface area contributed by atoms with Gasteiger partial charge in [0, 0.05) is 42.4 Å². The molecule has 1 N–H and O–H groups in total. The zero-order valence-electron chi connectivity index (χ0n) is 18.9. The molecule has 0 radical (unpaired) electrons. The van der Waals surface area contributed by atoms with Gasteiger partial charge in [0.25, 0.3) is 5.91 Å². The van der Waals surface area contributed by atoms with Gasteiger partial charge in [-0.15, -0.1) is 0 Å². The van der Waals surface area contributed by atoms with Crippen LogP contribution in [-0.4, -0.2) is 53.5 Å². The lowest BCUT2D eigenvalue weighted by Crippen LogP contribution is -2.56. The average Bonchev–Trinajstić information content (AvgIpc) is 3.03. The number of hydrogen-bond acceptors (Lipinski definition) is 4. The Morgan fingerprint density at radius 2 is 2.03 bits per heavy atom. The normalized spacial score (nSPS) is 16.9. The van der Waals surface area contributed by atoms with Gasteiger partial charge in [0.15, 0.2) is 0 Å². The van der Waals surface area contributed by atoms with Crippen LogP contribution in [0.5, 0.6) is 0 Å². The molecule has 0 aliphatic carbocycles. The van der Waals surface area contributed by atoms with Crippen LogP contribution in [0.15, 0.2) is 60.9 Å². The van der Waals surface area contributed by atoms with E-state index in [1.54, 1.807) is 24.9 Å². The van der Waals surface area contributed by atoms with Crippen LogP contribution < -0.4 is 5.32 Å². The Morgan fingerprint density at radius 3 is 2.85 bits per heavy atom. The number of nitrogens with one attached hydrogen (secondary N) is 1. The molecule has 2 amide bonds. The van der Waals surface area contributed by atoms with Crippen LogP contribution in [-0.2, 0) is 16.0 Å². The fraction of sp³-hybridized carbons (Fsp3) is 0.346. The molecular formula is C26H28FN3O3. The van der Waals surface area contributed by atoms with E-state index in [0.29, 0.717) is 26.3 Å². The van der Waals surface area contributed by atoms with Crippen LogP contribution in [0.25, 0.3) is 10.8 Å². The highest BCUT2D eigenvalue weighted by molar-refractivity contribution is 5.99. The summed E-state index contributed by atoms with van der Waals surface area (Å²) in [5, 5.41) is 4.98. The maximum Gasteiger partial charge on any atom is 0.252 e. The van der Waals surface area contributed by atoms with E-state index in [2.05, 4.69) is 28.5 Å². The lowest BCUT2D eigenvalue weighted by Gasteiger charge is -2.33. The number of hydrogen-bond donors (Lipinski definition) is 1. The van der Waals surface area contributed by atoms with Crippen molar-refractivity contribution in [2.45, 2.75) is 25.8 Å². The molecule has 0 spiro atoms. The topological polar surface area (TPSA) is 71.5 Å². The lowest BCUT2D eigenvalue weighted by molar-refractivity contribution is -0.137. The SMILES string of the molecule is CC(C)(NC(=O)c1cccc(F)c1)C(=O)N1CCOCC(Cc2ccc3cnccc3c2)C1. The summed E-state index contributed by atoms with van der Waals surface area (Å²) in [7, 11) is 0. The summed E-state index contributed by atoms with van der Waals surface area (Å²) in [6.07, 6.45) is 4.40. The first-order chi connectivity index (χ1) is 15.8. The number of aromatic nitrogens is 1. The molecule has 1 aliphatic heterocycles. The van der Waals surface area contributed by atoms with Gasteiger partial charge in [-0.1, -0.05) is 24.3 Å². The number of halogens is 1. The van der Waals surface area contributed by atoms with Gasteiger partial charge >= 0.3 is 0 Å². The van der Waals surface area contributed by atoms with Crippen molar-refractivity contribution in [3.05, 3.63) is 77.9 Å². The Kier molecular flexibility index (Phi) is 6.70. The second-order valence-corrected chi connectivity index (χ2v) is 9.04. The van der Waals surface area contributed by atoms with E-state index in [-0.39, 0.29) is 17.4 Å². The van der Waals surface area contributed by atoms with Gasteiger partial charge in [-0.25, -0.2) is 4.39 Å². The fourth-order valence-corrected chi connectivity index (χ4v) is 4.22. The third-order valence-electron chi connectivity index (χ3n) is 5.90. The Labute approximate surface area is 192 Å². The molecule has 0 bridgehead atoms. The highest BCUT2D eigenvalue weighted by Gasteiger charge is 2.35. The third kappa shape index (κ3) is 5.54. The zero-order chi connectivity index (χ0) is 23.4. The molecule has 1 aromatic heterocycles. The Hall–Kier alpha value is -3.32. The highest BCUT2D eigenvalue weighted by Crippen LogP contribution is 2.21. The third-order valence-corrected chi connectivity index (χ3v) is 5.90. The average molecular weight is 450 g/mol. The molecular weight excluding hydrogens is 421 g/mol. The molecule has 7 heteroatoms. The first-order valence-electron chi connectivity index (χ1n) is 11.1. The minimum absolute atomic E-state index is 0.130. The van der Waals surface area contributed by atoms with Crippen LogP contribution in [0.1, 0.15) is 29.8 Å². The molecule has 4 rings (SSSR count). The molecule has 1 aliphatic rings. The summed E-state index contributed by atoms with van der Waals surface area (Å²) in [5.41, 5.74) is 0.212. The quantitative estimate of drug-likeness (QED) is 0.646. The molecule has 1 saturated heterocycles. The first kappa shape index (κ1) is 22.9. The summed E-state index contributed by atoms with van der Waals surface area (Å²) in [5.74, 6) is -1.04. The van der Waals surface area contributed by atoms with Gasteiger partial charge in [-0.2, -0.15) is 0 Å². The van der Waals surface area contributed by atoms with Crippen LogP contribution >= 0.6 is 0 Å². The van der Waals surface area contributed by atoms with Crippen LogP contribution in [0.3, 0.4) is 0 Å². The minimum Gasteiger partial charge on any atom is -0.379 e. The van der Waals surface area contributed by atoms with Crippen molar-refractivity contribution in [1.29, 1.82) is 0 Å². The lowest BCUT2D eigenvalue weighted by atomic mass is 9.96. The van der Waals surface area contributed by atoms with Gasteiger partial charge in [-0.05, 0) is 55.5 Å². The van der Waals surface area contributed by atoms with Crippen molar-refractivity contribution < 1.29 is 18.7 Å². The van der Waals surface area contributed by atoms with E-state index in [1.165, 1.54) is 23.8 Å². The summed E-state index contributed by atoms with van der Waals surface area (Å²) >= 11 is 0. The maximum absolute atomic E-state index is 13.5. The number of pyridine rings is 1. The van der Waals surface area contributed by atoms with Gasteiger partial charge in [0.05, 0.1) is 13.2 Å². The predicted molar refractivity (Wildman–Crippen MR) is 124 cm³/mol. The molecule has 1 unspecified atom stereocenters. The smallest absolute Gasteiger partial charge is 0.252 e. The van der Waals surface area contributed by atoms with Crippen LogP contribution in [0, 0.1) is 11.7 Å². The summed E-state index contributed by atoms with van der Waals surface area (Å²) in [4.78, 5) is 31.9. The number of carbonyl (C=O) groups is 2. The maximum atomic E-state index is 13.5. The molecule has 0 saturated carbocycles.